The predicted molar refractivity (Wildman–Crippen MR) is 272 cm³/mol. The van der Waals surface area contributed by atoms with Crippen LogP contribution >= 0.6 is 7.26 Å². The second-order valence-corrected chi connectivity index (χ2v) is 28.3. The molecule has 0 spiro atoms. The van der Waals surface area contributed by atoms with Crippen molar-refractivity contribution in [2.75, 3.05) is 27.2 Å². The number of methoxy groups -OCH3 is 2. The Hall–Kier alpha value is -3.35. The van der Waals surface area contributed by atoms with E-state index in [0.717, 1.165) is 23.9 Å². The molecule has 5 nitrogen and oxygen atoms in total. The van der Waals surface area contributed by atoms with Crippen LogP contribution in [0.25, 0.3) is 0 Å². The van der Waals surface area contributed by atoms with E-state index in [-0.39, 0.29) is 47.9 Å². The van der Waals surface area contributed by atoms with Crippen molar-refractivity contribution in [3.05, 3.63) is 146 Å². The number of allylic oxidation sites excluding steroid dienone is 2. The van der Waals surface area contributed by atoms with E-state index in [2.05, 4.69) is 190 Å². The van der Waals surface area contributed by atoms with Crippen LogP contribution in [-0.2, 0) is 25.2 Å². The molecular formula is C56H80O5PSi+. The average molecular weight is 892 g/mol. The number of hydrogen-bond donors (Lipinski definition) is 0. The lowest BCUT2D eigenvalue weighted by molar-refractivity contribution is -0.108. The minimum atomic E-state index is -2.16. The zero-order chi connectivity index (χ0) is 45.8. The van der Waals surface area contributed by atoms with Crippen LogP contribution in [0.4, 0.5) is 0 Å². The highest BCUT2D eigenvalue weighted by atomic mass is 31.2. The third-order valence-electron chi connectivity index (χ3n) is 14.4. The van der Waals surface area contributed by atoms with Crippen molar-refractivity contribution in [3.63, 3.8) is 0 Å². The van der Waals surface area contributed by atoms with E-state index < -0.39 is 15.6 Å². The van der Waals surface area contributed by atoms with Crippen LogP contribution in [0.5, 0.6) is 5.75 Å². The average Bonchev–Trinajstić information content (AvgIpc) is 4.06. The van der Waals surface area contributed by atoms with E-state index in [0.29, 0.717) is 30.3 Å². The molecule has 0 bridgehead atoms. The highest BCUT2D eigenvalue weighted by Gasteiger charge is 2.52. The molecule has 0 radical (unpaired) electrons. The normalized spacial score (nSPS) is 19.7. The Morgan fingerprint density at radius 3 is 1.73 bits per heavy atom. The van der Waals surface area contributed by atoms with Gasteiger partial charge in [0.15, 0.2) is 8.32 Å². The smallest absolute Gasteiger partial charge is 0.192 e. The number of benzene rings is 4. The van der Waals surface area contributed by atoms with Gasteiger partial charge in [0.25, 0.3) is 0 Å². The SMILES string of the molecule is C=C/C=C\[C@H](C)[C@H](OCc1ccc(OC)cc1)[C@@H](C)[C@H](O[Si](C)(C)C(C)(C)C)[C@@H](C)C[C@@H]1C[C@@H]1[C@H](C)[C@@H](OCOC)[C@H](C)C[P+](c1ccccc1)(c1ccccc1)c1ccccc1. The van der Waals surface area contributed by atoms with Gasteiger partial charge in [0, 0.05) is 24.9 Å². The molecular weight excluding hydrogens is 812 g/mol. The third-order valence-corrected chi connectivity index (χ3v) is 23.6. The minimum absolute atomic E-state index is 0.0374. The van der Waals surface area contributed by atoms with E-state index in [1.807, 2.05) is 18.2 Å². The first kappa shape index (κ1) is 50.6. The molecule has 0 aromatic heterocycles. The summed E-state index contributed by atoms with van der Waals surface area (Å²) in [6, 6.07) is 41.9. The maximum atomic E-state index is 7.55. The Morgan fingerprint density at radius 2 is 1.25 bits per heavy atom. The molecule has 0 saturated heterocycles. The van der Waals surface area contributed by atoms with Crippen molar-refractivity contribution in [2.24, 2.45) is 41.4 Å². The standard InChI is InChI=1S/C56H80O5PSi/c1-14-15-25-41(2)53(59-38-46-32-34-48(58-11)35-33-46)45(6)55(61-63(12,13)56(7,8)9)42(3)36-47-37-52(47)44(5)54(60-40-57-10)43(4)39-62(49-26-19-16-20-27-49,50-28-21-17-22-29-50)51-30-23-18-24-31-51/h14-35,41-45,47,52-55H,1,36-40H2,2-13H3/q+1/b25-15-/t41-,42-,43+,44-,45+,47+,52+,53-,54-,55+/m0/s1. The van der Waals surface area contributed by atoms with Crippen LogP contribution in [0, 0.1) is 41.4 Å². The first-order valence-electron chi connectivity index (χ1n) is 23.4. The summed E-state index contributed by atoms with van der Waals surface area (Å²) < 4.78 is 32.4. The molecule has 4 aromatic rings. The lowest BCUT2D eigenvalue weighted by atomic mass is 9.81. The molecule has 0 aliphatic heterocycles. The highest BCUT2D eigenvalue weighted by Crippen LogP contribution is 2.58. The fourth-order valence-corrected chi connectivity index (χ4v) is 16.0. The van der Waals surface area contributed by atoms with Crippen molar-refractivity contribution >= 4 is 31.5 Å². The van der Waals surface area contributed by atoms with Gasteiger partial charge in [-0.15, -0.1) is 0 Å². The van der Waals surface area contributed by atoms with Crippen molar-refractivity contribution in [3.8, 4) is 5.75 Å². The lowest BCUT2D eigenvalue weighted by Crippen LogP contribution is -2.50. The summed E-state index contributed by atoms with van der Waals surface area (Å²) in [7, 11) is -0.763. The zero-order valence-electron chi connectivity index (χ0n) is 40.7. The predicted octanol–water partition coefficient (Wildman–Crippen LogP) is 12.9. The maximum Gasteiger partial charge on any atom is 0.192 e. The van der Waals surface area contributed by atoms with E-state index >= 15 is 0 Å². The van der Waals surface area contributed by atoms with Gasteiger partial charge in [-0.05, 0) is 109 Å². The van der Waals surface area contributed by atoms with Gasteiger partial charge < -0.3 is 23.4 Å². The fraction of sp³-hybridized carbons (Fsp3) is 0.500. The minimum Gasteiger partial charge on any atom is -0.497 e. The van der Waals surface area contributed by atoms with Gasteiger partial charge in [0.1, 0.15) is 35.7 Å². The van der Waals surface area contributed by atoms with Gasteiger partial charge >= 0.3 is 0 Å². The molecule has 0 N–H and O–H groups in total. The second kappa shape index (κ2) is 23.2. The number of rotatable bonds is 25. The molecule has 10 atom stereocenters. The Labute approximate surface area is 384 Å². The van der Waals surface area contributed by atoms with E-state index in [9.17, 15) is 0 Å². The third kappa shape index (κ3) is 12.9. The molecule has 1 aliphatic rings. The lowest BCUT2D eigenvalue weighted by Gasteiger charge is -2.45. The first-order chi connectivity index (χ1) is 30.1. The van der Waals surface area contributed by atoms with Crippen LogP contribution in [0.3, 0.4) is 0 Å². The van der Waals surface area contributed by atoms with Crippen LogP contribution in [0.2, 0.25) is 18.1 Å². The van der Waals surface area contributed by atoms with E-state index in [4.69, 9.17) is 23.4 Å². The molecule has 342 valence electrons. The molecule has 7 heteroatoms. The van der Waals surface area contributed by atoms with E-state index in [1.165, 1.54) is 22.3 Å². The largest absolute Gasteiger partial charge is 0.497 e. The van der Waals surface area contributed by atoms with Gasteiger partial charge in [-0.2, -0.15) is 0 Å². The summed E-state index contributed by atoms with van der Waals surface area (Å²) in [5.41, 5.74) is 1.13. The second-order valence-electron chi connectivity index (χ2n) is 20.1. The van der Waals surface area contributed by atoms with Crippen molar-refractivity contribution in [1.82, 2.24) is 0 Å². The monoisotopic (exact) mass is 892 g/mol. The van der Waals surface area contributed by atoms with Gasteiger partial charge in [-0.25, -0.2) is 0 Å². The Kier molecular flexibility index (Phi) is 18.7. The summed E-state index contributed by atoms with van der Waals surface area (Å²) in [4.78, 5) is 0. The molecule has 4 aromatic carbocycles. The number of ether oxygens (including phenoxy) is 4. The summed E-state index contributed by atoms with van der Waals surface area (Å²) in [5, 5.41) is 4.31. The molecule has 63 heavy (non-hydrogen) atoms. The number of hydrogen-bond acceptors (Lipinski definition) is 5. The van der Waals surface area contributed by atoms with Crippen molar-refractivity contribution < 1.29 is 23.4 Å². The van der Waals surface area contributed by atoms with Gasteiger partial charge in [-0.1, -0.05) is 147 Å². The van der Waals surface area contributed by atoms with Gasteiger partial charge in [0.2, 0.25) is 0 Å². The molecule has 1 aliphatic carbocycles. The van der Waals surface area contributed by atoms with Crippen molar-refractivity contribution in [1.29, 1.82) is 0 Å². The topological polar surface area (TPSA) is 46.2 Å². The first-order valence-corrected chi connectivity index (χ1v) is 28.3. The summed E-state index contributed by atoms with van der Waals surface area (Å²) in [6.07, 6.45) is 9.50. The molecule has 0 unspecified atom stereocenters. The van der Waals surface area contributed by atoms with Crippen LogP contribution in [0.15, 0.2) is 140 Å². The molecule has 1 fully saturated rings. The maximum absolute atomic E-state index is 7.55. The quantitative estimate of drug-likeness (QED) is 0.0287. The summed E-state index contributed by atoms with van der Waals surface area (Å²) in [5.74, 6) is 3.29. The Bertz CT molecular complexity index is 1870. The molecule has 0 amide bonds. The van der Waals surface area contributed by atoms with Gasteiger partial charge in [0.05, 0.1) is 38.2 Å². The Balaban J connectivity index is 1.41. The molecule has 1 saturated carbocycles. The summed E-state index contributed by atoms with van der Waals surface area (Å²) >= 11 is 0. The zero-order valence-corrected chi connectivity index (χ0v) is 42.6. The molecule has 0 heterocycles. The molecule has 5 rings (SSSR count). The summed E-state index contributed by atoms with van der Waals surface area (Å²) in [6.45, 7) is 28.6. The fourth-order valence-electron chi connectivity index (χ4n) is 9.87. The highest BCUT2D eigenvalue weighted by molar-refractivity contribution is 7.95. The van der Waals surface area contributed by atoms with Crippen molar-refractivity contribution in [2.45, 2.75) is 111 Å². The van der Waals surface area contributed by atoms with Crippen LogP contribution in [-0.4, -0.2) is 53.8 Å². The van der Waals surface area contributed by atoms with Crippen LogP contribution < -0.4 is 20.7 Å². The van der Waals surface area contributed by atoms with Crippen LogP contribution in [0.1, 0.15) is 73.8 Å². The van der Waals surface area contributed by atoms with Gasteiger partial charge in [-0.3, -0.25) is 0 Å². The van der Waals surface area contributed by atoms with E-state index in [1.54, 1.807) is 14.2 Å². The Morgan fingerprint density at radius 1 is 0.714 bits per heavy atom.